The van der Waals surface area contributed by atoms with Gasteiger partial charge in [0.25, 0.3) is 0 Å². The van der Waals surface area contributed by atoms with Crippen molar-refractivity contribution in [3.05, 3.63) is 24.2 Å². The highest BCUT2D eigenvalue weighted by molar-refractivity contribution is 5.04. The second kappa shape index (κ2) is 4.81. The number of nitrogens with two attached hydrogens (primary N) is 1. The van der Waals surface area contributed by atoms with E-state index in [1.807, 2.05) is 12.1 Å². The first-order valence-corrected chi connectivity index (χ1v) is 5.44. The van der Waals surface area contributed by atoms with Crippen LogP contribution in [0.1, 0.15) is 45.9 Å². The fraction of sp³-hybridized carbons (Fsp3) is 0.667. The lowest BCUT2D eigenvalue weighted by molar-refractivity contribution is 0.214. The molecule has 0 aliphatic rings. The molecule has 0 fully saturated rings. The first-order valence-electron chi connectivity index (χ1n) is 5.44. The van der Waals surface area contributed by atoms with Crippen LogP contribution in [-0.4, -0.2) is 0 Å². The number of hydrogen-bond acceptors (Lipinski definition) is 3. The molecule has 0 aliphatic carbocycles. The summed E-state index contributed by atoms with van der Waals surface area (Å²) < 4.78 is 5.36. The summed E-state index contributed by atoms with van der Waals surface area (Å²) in [6.45, 7) is 8.97. The van der Waals surface area contributed by atoms with Gasteiger partial charge in [0.15, 0.2) is 0 Å². The highest BCUT2D eigenvalue weighted by Crippen LogP contribution is 2.32. The molecule has 1 aromatic heterocycles. The van der Waals surface area contributed by atoms with Gasteiger partial charge in [-0.1, -0.05) is 27.7 Å². The molecule has 0 bridgehead atoms. The van der Waals surface area contributed by atoms with Crippen molar-refractivity contribution >= 4 is 0 Å². The van der Waals surface area contributed by atoms with Crippen LogP contribution >= 0.6 is 0 Å². The van der Waals surface area contributed by atoms with Gasteiger partial charge >= 0.3 is 0 Å². The number of furan rings is 1. The molecule has 2 atom stereocenters. The maximum absolute atomic E-state index is 5.55. The fourth-order valence-corrected chi connectivity index (χ4v) is 1.46. The molecule has 3 nitrogen and oxygen atoms in total. The van der Waals surface area contributed by atoms with E-state index in [9.17, 15) is 0 Å². The van der Waals surface area contributed by atoms with Crippen molar-refractivity contribution in [1.29, 1.82) is 0 Å². The quantitative estimate of drug-likeness (QED) is 0.593. The van der Waals surface area contributed by atoms with Crippen LogP contribution in [0.25, 0.3) is 0 Å². The minimum atomic E-state index is 0.106. The number of rotatable bonds is 4. The third kappa shape index (κ3) is 3.36. The highest BCUT2D eigenvalue weighted by Gasteiger charge is 2.24. The third-order valence-electron chi connectivity index (χ3n) is 3.16. The van der Waals surface area contributed by atoms with Gasteiger partial charge in [0, 0.05) is 0 Å². The van der Waals surface area contributed by atoms with E-state index in [0.29, 0.717) is 11.3 Å². The number of hydrazine groups is 1. The summed E-state index contributed by atoms with van der Waals surface area (Å²) in [7, 11) is 0. The van der Waals surface area contributed by atoms with Crippen LogP contribution in [0.3, 0.4) is 0 Å². The molecule has 15 heavy (non-hydrogen) atoms. The molecule has 0 saturated carbocycles. The number of hydrogen-bond donors (Lipinski definition) is 2. The molecule has 0 amide bonds. The van der Waals surface area contributed by atoms with E-state index < -0.39 is 0 Å². The minimum absolute atomic E-state index is 0.106. The van der Waals surface area contributed by atoms with Gasteiger partial charge < -0.3 is 4.42 Å². The summed E-state index contributed by atoms with van der Waals surface area (Å²) in [6.07, 6.45) is 2.66. The van der Waals surface area contributed by atoms with Crippen LogP contribution < -0.4 is 11.3 Å². The Morgan fingerprint density at radius 3 is 2.53 bits per heavy atom. The minimum Gasteiger partial charge on any atom is -0.468 e. The molecular formula is C12H22N2O. The molecule has 1 heterocycles. The lowest BCUT2D eigenvalue weighted by Crippen LogP contribution is -2.31. The standard InChI is InChI=1S/C12H22N2O/c1-9(12(2,3)4)8-10(14-13)11-6-5-7-15-11/h5-7,9-10,14H,8,13H2,1-4H3. The third-order valence-corrected chi connectivity index (χ3v) is 3.16. The molecule has 0 saturated heterocycles. The van der Waals surface area contributed by atoms with Crippen LogP contribution in [0.4, 0.5) is 0 Å². The van der Waals surface area contributed by atoms with E-state index in [4.69, 9.17) is 10.3 Å². The Morgan fingerprint density at radius 1 is 1.47 bits per heavy atom. The monoisotopic (exact) mass is 210 g/mol. The van der Waals surface area contributed by atoms with Gasteiger partial charge in [-0.15, -0.1) is 0 Å². The molecule has 0 radical (unpaired) electrons. The Kier molecular flexibility index (Phi) is 3.94. The Labute approximate surface area is 92.0 Å². The van der Waals surface area contributed by atoms with Gasteiger partial charge in [0.1, 0.15) is 5.76 Å². The fourth-order valence-electron chi connectivity index (χ4n) is 1.46. The molecule has 2 unspecified atom stereocenters. The SMILES string of the molecule is CC(CC(NN)c1ccco1)C(C)(C)C. The lowest BCUT2D eigenvalue weighted by Gasteiger charge is -2.29. The van der Waals surface area contributed by atoms with E-state index >= 15 is 0 Å². The summed E-state index contributed by atoms with van der Waals surface area (Å²) in [5, 5.41) is 0. The van der Waals surface area contributed by atoms with Gasteiger partial charge in [0.05, 0.1) is 12.3 Å². The highest BCUT2D eigenvalue weighted by atomic mass is 16.3. The van der Waals surface area contributed by atoms with Crippen LogP contribution in [0, 0.1) is 11.3 Å². The molecular weight excluding hydrogens is 188 g/mol. The van der Waals surface area contributed by atoms with E-state index in [0.717, 1.165) is 12.2 Å². The van der Waals surface area contributed by atoms with E-state index in [1.165, 1.54) is 0 Å². The first kappa shape index (κ1) is 12.3. The Balaban J connectivity index is 2.63. The van der Waals surface area contributed by atoms with Crippen LogP contribution in [-0.2, 0) is 0 Å². The summed E-state index contributed by atoms with van der Waals surface area (Å²) in [6, 6.07) is 3.95. The molecule has 0 aliphatic heterocycles. The van der Waals surface area contributed by atoms with Crippen molar-refractivity contribution in [1.82, 2.24) is 5.43 Å². The van der Waals surface area contributed by atoms with Gasteiger partial charge in [0.2, 0.25) is 0 Å². The Hall–Kier alpha value is -0.800. The molecule has 3 N–H and O–H groups in total. The van der Waals surface area contributed by atoms with Crippen molar-refractivity contribution in [3.63, 3.8) is 0 Å². The largest absolute Gasteiger partial charge is 0.468 e. The van der Waals surface area contributed by atoms with E-state index in [2.05, 4.69) is 33.1 Å². The average molecular weight is 210 g/mol. The van der Waals surface area contributed by atoms with Gasteiger partial charge in [-0.2, -0.15) is 0 Å². The zero-order valence-corrected chi connectivity index (χ0v) is 10.1. The second-order valence-corrected chi connectivity index (χ2v) is 5.24. The summed E-state index contributed by atoms with van der Waals surface area (Å²) in [4.78, 5) is 0. The van der Waals surface area contributed by atoms with Crippen LogP contribution in [0.5, 0.6) is 0 Å². The van der Waals surface area contributed by atoms with Crippen LogP contribution in [0.2, 0.25) is 0 Å². The predicted octanol–water partition coefficient (Wildman–Crippen LogP) is 2.86. The topological polar surface area (TPSA) is 51.2 Å². The van der Waals surface area contributed by atoms with Gasteiger partial charge in [-0.25, -0.2) is 5.43 Å². The van der Waals surface area contributed by atoms with E-state index in [-0.39, 0.29) is 6.04 Å². The zero-order valence-electron chi connectivity index (χ0n) is 10.1. The first-order chi connectivity index (χ1) is 6.95. The maximum Gasteiger partial charge on any atom is 0.122 e. The van der Waals surface area contributed by atoms with Gasteiger partial charge in [-0.3, -0.25) is 5.84 Å². The summed E-state index contributed by atoms with van der Waals surface area (Å²) in [5.41, 5.74) is 3.11. The second-order valence-electron chi connectivity index (χ2n) is 5.24. The van der Waals surface area contributed by atoms with Crippen molar-refractivity contribution < 1.29 is 4.42 Å². The normalized spacial score (nSPS) is 16.3. The smallest absolute Gasteiger partial charge is 0.122 e. The van der Waals surface area contributed by atoms with E-state index in [1.54, 1.807) is 6.26 Å². The van der Waals surface area contributed by atoms with Crippen molar-refractivity contribution in [2.24, 2.45) is 17.2 Å². The number of nitrogens with one attached hydrogen (secondary N) is 1. The Morgan fingerprint density at radius 2 is 2.13 bits per heavy atom. The van der Waals surface area contributed by atoms with Crippen LogP contribution in [0.15, 0.2) is 22.8 Å². The van der Waals surface area contributed by atoms with Crippen molar-refractivity contribution in [2.75, 3.05) is 0 Å². The average Bonchev–Trinajstić information content (AvgIpc) is 2.64. The predicted molar refractivity (Wildman–Crippen MR) is 62.0 cm³/mol. The summed E-state index contributed by atoms with van der Waals surface area (Å²) in [5.74, 6) is 7.03. The molecule has 86 valence electrons. The molecule has 0 spiro atoms. The summed E-state index contributed by atoms with van der Waals surface area (Å²) >= 11 is 0. The van der Waals surface area contributed by atoms with Crippen molar-refractivity contribution in [2.45, 2.75) is 40.2 Å². The maximum atomic E-state index is 5.55. The lowest BCUT2D eigenvalue weighted by atomic mass is 9.78. The molecule has 1 rings (SSSR count). The zero-order chi connectivity index (χ0) is 11.5. The molecule has 3 heteroatoms. The Bertz CT molecular complexity index is 274. The molecule has 0 aromatic carbocycles. The molecule has 1 aromatic rings. The van der Waals surface area contributed by atoms with Gasteiger partial charge in [-0.05, 0) is 29.9 Å². The van der Waals surface area contributed by atoms with Crippen molar-refractivity contribution in [3.8, 4) is 0 Å².